The molecule has 0 aliphatic carbocycles. The highest BCUT2D eigenvalue weighted by Gasteiger charge is 2.18. The van der Waals surface area contributed by atoms with Gasteiger partial charge < -0.3 is 4.74 Å². The Kier molecular flexibility index (Phi) is 4.69. The maximum atomic E-state index is 13.8. The van der Waals surface area contributed by atoms with E-state index in [1.54, 1.807) is 18.2 Å². The first kappa shape index (κ1) is 14.9. The normalized spacial score (nSPS) is 12.2. The predicted octanol–water partition coefficient (Wildman–Crippen LogP) is 3.29. The first-order valence-electron chi connectivity index (χ1n) is 5.82. The predicted molar refractivity (Wildman–Crippen MR) is 76.2 cm³/mol. The number of nitrogens with one attached hydrogen (secondary N) is 1. The van der Waals surface area contributed by atoms with Crippen LogP contribution in [0, 0.1) is 11.6 Å². The van der Waals surface area contributed by atoms with Crippen LogP contribution in [0.15, 0.2) is 40.9 Å². The molecular formula is C14H13BrF2N2O. The average Bonchev–Trinajstić information content (AvgIpc) is 2.44. The standard InChI is InChI=1S/C14H13BrF2N2O/c1-20-12-6-5-8(7-11(12)17)14(19-18)9-3-2-4-10(16)13(9)15/h2-7,14,19H,18H2,1H3. The number of methoxy groups -OCH3 is 1. The molecule has 3 N–H and O–H groups in total. The molecule has 0 aliphatic rings. The van der Waals surface area contributed by atoms with Gasteiger partial charge in [-0.3, -0.25) is 5.84 Å². The molecular weight excluding hydrogens is 330 g/mol. The van der Waals surface area contributed by atoms with Crippen molar-refractivity contribution in [3.8, 4) is 5.75 Å². The van der Waals surface area contributed by atoms with Gasteiger partial charge in [0.05, 0.1) is 17.6 Å². The molecule has 3 nitrogen and oxygen atoms in total. The van der Waals surface area contributed by atoms with Gasteiger partial charge in [-0.15, -0.1) is 0 Å². The molecule has 20 heavy (non-hydrogen) atoms. The maximum absolute atomic E-state index is 13.8. The second-order valence-corrected chi connectivity index (χ2v) is 4.93. The molecule has 0 bridgehead atoms. The van der Waals surface area contributed by atoms with Gasteiger partial charge in [0.25, 0.3) is 0 Å². The van der Waals surface area contributed by atoms with Crippen molar-refractivity contribution in [1.29, 1.82) is 0 Å². The first-order valence-corrected chi connectivity index (χ1v) is 6.61. The van der Waals surface area contributed by atoms with Crippen molar-refractivity contribution < 1.29 is 13.5 Å². The van der Waals surface area contributed by atoms with Gasteiger partial charge in [0.2, 0.25) is 0 Å². The number of halogens is 3. The molecule has 2 aromatic carbocycles. The minimum atomic E-state index is -0.541. The zero-order chi connectivity index (χ0) is 14.7. The molecule has 2 aromatic rings. The van der Waals surface area contributed by atoms with Gasteiger partial charge in [-0.2, -0.15) is 0 Å². The lowest BCUT2D eigenvalue weighted by Gasteiger charge is -2.19. The second-order valence-electron chi connectivity index (χ2n) is 4.14. The van der Waals surface area contributed by atoms with E-state index < -0.39 is 17.7 Å². The van der Waals surface area contributed by atoms with Crippen LogP contribution < -0.4 is 16.0 Å². The second kappa shape index (κ2) is 6.30. The highest BCUT2D eigenvalue weighted by molar-refractivity contribution is 9.10. The van der Waals surface area contributed by atoms with Gasteiger partial charge in [0.15, 0.2) is 11.6 Å². The summed E-state index contributed by atoms with van der Waals surface area (Å²) in [5.41, 5.74) is 3.71. The molecule has 6 heteroatoms. The molecule has 0 aliphatic heterocycles. The van der Waals surface area contributed by atoms with Crippen molar-refractivity contribution in [2.45, 2.75) is 6.04 Å². The van der Waals surface area contributed by atoms with E-state index in [1.807, 2.05) is 0 Å². The van der Waals surface area contributed by atoms with Gasteiger partial charge in [0.1, 0.15) is 5.82 Å². The fraction of sp³-hybridized carbons (Fsp3) is 0.143. The SMILES string of the molecule is COc1ccc(C(NN)c2cccc(F)c2Br)cc1F. The van der Waals surface area contributed by atoms with Gasteiger partial charge in [-0.25, -0.2) is 14.2 Å². The molecule has 2 rings (SSSR count). The van der Waals surface area contributed by atoms with Crippen LogP contribution in [0.3, 0.4) is 0 Å². The van der Waals surface area contributed by atoms with Crippen LogP contribution in [-0.4, -0.2) is 7.11 Å². The summed E-state index contributed by atoms with van der Waals surface area (Å²) in [6, 6.07) is 8.54. The lowest BCUT2D eigenvalue weighted by atomic mass is 9.99. The van der Waals surface area contributed by atoms with Crippen molar-refractivity contribution in [3.63, 3.8) is 0 Å². The van der Waals surface area contributed by atoms with Crippen molar-refractivity contribution in [1.82, 2.24) is 5.43 Å². The van der Waals surface area contributed by atoms with Crippen molar-refractivity contribution >= 4 is 15.9 Å². The maximum Gasteiger partial charge on any atom is 0.165 e. The van der Waals surface area contributed by atoms with E-state index in [0.29, 0.717) is 15.6 Å². The van der Waals surface area contributed by atoms with Gasteiger partial charge in [0, 0.05) is 0 Å². The quantitative estimate of drug-likeness (QED) is 0.662. The Hall–Kier alpha value is -1.50. The summed E-state index contributed by atoms with van der Waals surface area (Å²) in [6.45, 7) is 0. The van der Waals surface area contributed by atoms with E-state index in [-0.39, 0.29) is 5.75 Å². The zero-order valence-corrected chi connectivity index (χ0v) is 12.2. The molecule has 0 fully saturated rings. The summed E-state index contributed by atoms with van der Waals surface area (Å²) in [5, 5.41) is 0. The monoisotopic (exact) mass is 342 g/mol. The van der Waals surface area contributed by atoms with E-state index in [0.717, 1.165) is 0 Å². The average molecular weight is 343 g/mol. The number of benzene rings is 2. The third-order valence-electron chi connectivity index (χ3n) is 2.97. The van der Waals surface area contributed by atoms with Gasteiger partial charge in [-0.05, 0) is 45.3 Å². The third-order valence-corrected chi connectivity index (χ3v) is 3.80. The Morgan fingerprint density at radius 2 is 1.95 bits per heavy atom. The lowest BCUT2D eigenvalue weighted by Crippen LogP contribution is -2.29. The lowest BCUT2D eigenvalue weighted by molar-refractivity contribution is 0.385. The van der Waals surface area contributed by atoms with E-state index in [9.17, 15) is 8.78 Å². The molecule has 0 aromatic heterocycles. The van der Waals surface area contributed by atoms with Gasteiger partial charge in [-0.1, -0.05) is 18.2 Å². The number of rotatable bonds is 4. The van der Waals surface area contributed by atoms with Crippen molar-refractivity contribution in [2.75, 3.05) is 7.11 Å². The zero-order valence-electron chi connectivity index (χ0n) is 10.7. The summed E-state index contributed by atoms with van der Waals surface area (Å²) in [7, 11) is 1.39. The van der Waals surface area contributed by atoms with Crippen LogP contribution in [0.4, 0.5) is 8.78 Å². The molecule has 0 spiro atoms. The Balaban J connectivity index is 2.47. The number of hydrogen-bond acceptors (Lipinski definition) is 3. The molecule has 0 saturated heterocycles. The molecule has 106 valence electrons. The summed E-state index contributed by atoms with van der Waals surface area (Å²) >= 11 is 3.18. The highest BCUT2D eigenvalue weighted by atomic mass is 79.9. The summed E-state index contributed by atoms with van der Waals surface area (Å²) in [5.74, 6) is 4.76. The highest BCUT2D eigenvalue weighted by Crippen LogP contribution is 2.31. The number of ether oxygens (including phenoxy) is 1. The van der Waals surface area contributed by atoms with Crippen molar-refractivity contribution in [3.05, 3.63) is 63.6 Å². The summed E-state index contributed by atoms with van der Waals surface area (Å²) in [6.07, 6.45) is 0. The van der Waals surface area contributed by atoms with Crippen LogP contribution in [0.25, 0.3) is 0 Å². The van der Waals surface area contributed by atoms with Crippen molar-refractivity contribution in [2.24, 2.45) is 5.84 Å². The fourth-order valence-corrected chi connectivity index (χ4v) is 2.46. The minimum Gasteiger partial charge on any atom is -0.494 e. The van der Waals surface area contributed by atoms with Crippen LogP contribution >= 0.6 is 15.9 Å². The van der Waals surface area contributed by atoms with E-state index >= 15 is 0 Å². The molecule has 1 atom stereocenters. The van der Waals surface area contributed by atoms with Crippen LogP contribution in [0.2, 0.25) is 0 Å². The molecule has 0 amide bonds. The van der Waals surface area contributed by atoms with Crippen LogP contribution in [0.5, 0.6) is 5.75 Å². The van der Waals surface area contributed by atoms with Crippen LogP contribution in [-0.2, 0) is 0 Å². The Bertz CT molecular complexity index is 622. The summed E-state index contributed by atoms with van der Waals surface area (Å²) in [4.78, 5) is 0. The van der Waals surface area contributed by atoms with E-state index in [2.05, 4.69) is 21.4 Å². The number of nitrogens with two attached hydrogens (primary N) is 1. The Morgan fingerprint density at radius 1 is 1.20 bits per heavy atom. The molecule has 1 unspecified atom stereocenters. The number of hydrogen-bond donors (Lipinski definition) is 2. The number of hydrazine groups is 1. The van der Waals surface area contributed by atoms with E-state index in [4.69, 9.17) is 10.6 Å². The largest absolute Gasteiger partial charge is 0.494 e. The Morgan fingerprint density at radius 3 is 2.55 bits per heavy atom. The summed E-state index contributed by atoms with van der Waals surface area (Å²) < 4.78 is 32.5. The first-order chi connectivity index (χ1) is 9.58. The smallest absolute Gasteiger partial charge is 0.165 e. The molecule has 0 saturated carbocycles. The topological polar surface area (TPSA) is 47.3 Å². The minimum absolute atomic E-state index is 0.142. The molecule has 0 heterocycles. The third kappa shape index (κ3) is 2.82. The van der Waals surface area contributed by atoms with E-state index in [1.165, 1.54) is 25.3 Å². The van der Waals surface area contributed by atoms with Crippen LogP contribution in [0.1, 0.15) is 17.2 Å². The Labute approximate surface area is 123 Å². The molecule has 0 radical (unpaired) electrons. The van der Waals surface area contributed by atoms with Gasteiger partial charge >= 0.3 is 0 Å². The fourth-order valence-electron chi connectivity index (χ4n) is 1.97.